The highest BCUT2D eigenvalue weighted by Gasteiger charge is 2.38. The van der Waals surface area contributed by atoms with Crippen molar-refractivity contribution in [2.75, 3.05) is 21.3 Å². The topological polar surface area (TPSA) is 60.8 Å². The number of aromatic nitrogens is 1. The Morgan fingerprint density at radius 3 is 2.27 bits per heavy atom. The van der Waals surface area contributed by atoms with Crippen molar-refractivity contribution in [3.63, 3.8) is 0 Å². The molecule has 134 valence electrons. The number of hydrogen-bond donors (Lipinski definition) is 1. The Hall–Kier alpha value is -2.95. The molecule has 2 aromatic carbocycles. The number of nitrogens with zero attached hydrogens (tertiary/aromatic N) is 1. The van der Waals surface area contributed by atoms with Gasteiger partial charge in [0.1, 0.15) is 5.75 Å². The zero-order chi connectivity index (χ0) is 18.6. The van der Waals surface area contributed by atoms with Gasteiger partial charge >= 0.3 is 0 Å². The van der Waals surface area contributed by atoms with Gasteiger partial charge in [-0.05, 0) is 29.3 Å². The second kappa shape index (κ2) is 5.53. The smallest absolute Gasteiger partial charge is 0.204 e. The largest absolute Gasteiger partial charge is 0.508 e. The number of phenolic OH excluding ortho intramolecular Hbond substituents is 1. The summed E-state index contributed by atoms with van der Waals surface area (Å²) in [5.41, 5.74) is 3.44. The Kier molecular flexibility index (Phi) is 3.51. The van der Waals surface area contributed by atoms with Crippen LogP contribution in [0, 0.1) is 0 Å². The number of aromatic hydroxyl groups is 1. The van der Waals surface area contributed by atoms with Crippen molar-refractivity contribution < 1.29 is 19.3 Å². The maximum absolute atomic E-state index is 10.1. The fourth-order valence-corrected chi connectivity index (χ4v) is 4.07. The third-order valence-electron chi connectivity index (χ3n) is 5.24. The van der Waals surface area contributed by atoms with Crippen molar-refractivity contribution in [2.24, 2.45) is 0 Å². The molecule has 0 spiro atoms. The number of pyridine rings is 1. The molecule has 4 rings (SSSR count). The molecule has 5 nitrogen and oxygen atoms in total. The van der Waals surface area contributed by atoms with Gasteiger partial charge in [0.15, 0.2) is 11.5 Å². The lowest BCUT2D eigenvalue weighted by Crippen LogP contribution is -2.25. The summed E-state index contributed by atoms with van der Waals surface area (Å²) in [6.07, 6.45) is 1.78. The summed E-state index contributed by atoms with van der Waals surface area (Å²) in [7, 11) is 4.85. The summed E-state index contributed by atoms with van der Waals surface area (Å²) < 4.78 is 17.1. The van der Waals surface area contributed by atoms with Crippen molar-refractivity contribution in [3.8, 4) is 34.1 Å². The van der Waals surface area contributed by atoms with Crippen LogP contribution in [0.1, 0.15) is 25.1 Å². The van der Waals surface area contributed by atoms with E-state index in [0.29, 0.717) is 17.2 Å². The fourth-order valence-electron chi connectivity index (χ4n) is 4.07. The number of ether oxygens (including phenoxy) is 3. The van der Waals surface area contributed by atoms with E-state index in [1.165, 1.54) is 0 Å². The van der Waals surface area contributed by atoms with Crippen LogP contribution < -0.4 is 14.2 Å². The van der Waals surface area contributed by atoms with E-state index in [0.717, 1.165) is 33.2 Å². The Morgan fingerprint density at radius 2 is 1.62 bits per heavy atom. The van der Waals surface area contributed by atoms with Gasteiger partial charge in [-0.15, -0.1) is 0 Å². The van der Waals surface area contributed by atoms with E-state index < -0.39 is 0 Å². The quantitative estimate of drug-likeness (QED) is 0.763. The molecule has 0 radical (unpaired) electrons. The summed E-state index contributed by atoms with van der Waals surface area (Å²) in [5, 5.41) is 12.0. The highest BCUT2D eigenvalue weighted by Crippen LogP contribution is 2.57. The molecule has 3 aromatic rings. The Morgan fingerprint density at radius 1 is 0.923 bits per heavy atom. The van der Waals surface area contributed by atoms with Gasteiger partial charge in [0, 0.05) is 27.9 Å². The van der Waals surface area contributed by atoms with Gasteiger partial charge in [0.05, 0.1) is 27.0 Å². The molecule has 0 bridgehead atoms. The first-order chi connectivity index (χ1) is 12.5. The van der Waals surface area contributed by atoms with Gasteiger partial charge in [-0.3, -0.25) is 4.98 Å². The maximum Gasteiger partial charge on any atom is 0.204 e. The summed E-state index contributed by atoms with van der Waals surface area (Å²) in [6.45, 7) is 4.22. The van der Waals surface area contributed by atoms with Crippen molar-refractivity contribution in [1.82, 2.24) is 4.98 Å². The van der Waals surface area contributed by atoms with Crippen LogP contribution in [0.3, 0.4) is 0 Å². The molecule has 0 aliphatic heterocycles. The minimum absolute atomic E-state index is 0.229. The number of methoxy groups -OCH3 is 3. The Bertz CT molecular complexity index is 1040. The first-order valence-electron chi connectivity index (χ1n) is 8.40. The third kappa shape index (κ3) is 1.94. The van der Waals surface area contributed by atoms with E-state index in [1.807, 2.05) is 12.1 Å². The molecule has 26 heavy (non-hydrogen) atoms. The predicted octanol–water partition coefficient (Wildman–Crippen LogP) is 4.27. The van der Waals surface area contributed by atoms with E-state index in [2.05, 4.69) is 13.8 Å². The predicted molar refractivity (Wildman–Crippen MR) is 101 cm³/mol. The van der Waals surface area contributed by atoms with Crippen molar-refractivity contribution in [1.29, 1.82) is 0 Å². The van der Waals surface area contributed by atoms with Gasteiger partial charge < -0.3 is 19.3 Å². The third-order valence-corrected chi connectivity index (χ3v) is 5.24. The summed E-state index contributed by atoms with van der Waals surface area (Å²) in [4.78, 5) is 4.69. The first-order valence-corrected chi connectivity index (χ1v) is 8.40. The molecule has 1 aromatic heterocycles. The molecule has 5 heteroatoms. The number of benzene rings is 2. The summed E-state index contributed by atoms with van der Waals surface area (Å²) in [5.74, 6) is 2.01. The molecule has 0 saturated carbocycles. The van der Waals surface area contributed by atoms with Gasteiger partial charge in [0.2, 0.25) is 5.75 Å². The normalized spacial score (nSPS) is 14.0. The van der Waals surface area contributed by atoms with Crippen molar-refractivity contribution in [2.45, 2.75) is 19.3 Å². The molecule has 1 aliphatic rings. The lowest BCUT2D eigenvalue weighted by atomic mass is 9.70. The average Bonchev–Trinajstić information content (AvgIpc) is 2.64. The molecular weight excluding hydrogens is 330 g/mol. The van der Waals surface area contributed by atoms with Crippen LogP contribution in [0.2, 0.25) is 0 Å². The lowest BCUT2D eigenvalue weighted by Gasteiger charge is -2.35. The second-order valence-corrected chi connectivity index (χ2v) is 6.91. The van der Waals surface area contributed by atoms with Crippen LogP contribution in [0.25, 0.3) is 21.9 Å². The van der Waals surface area contributed by atoms with Crippen LogP contribution in [0.5, 0.6) is 23.0 Å². The van der Waals surface area contributed by atoms with Crippen LogP contribution in [0.15, 0.2) is 30.5 Å². The lowest BCUT2D eigenvalue weighted by molar-refractivity contribution is 0.327. The average molecular weight is 351 g/mol. The summed E-state index contributed by atoms with van der Waals surface area (Å²) in [6, 6.07) is 7.35. The second-order valence-electron chi connectivity index (χ2n) is 6.91. The van der Waals surface area contributed by atoms with Gasteiger partial charge in [-0.2, -0.15) is 0 Å². The van der Waals surface area contributed by atoms with E-state index in [4.69, 9.17) is 19.2 Å². The standard InChI is InChI=1S/C21H21NO4/c1-21(2)14-10-11(23)6-7-12(14)15-16-13(8-9-22-20(16)21)17(24-3)19(26-5)18(15)25-4/h6-10,23H,1-5H3. The zero-order valence-corrected chi connectivity index (χ0v) is 15.5. The zero-order valence-electron chi connectivity index (χ0n) is 15.5. The van der Waals surface area contributed by atoms with E-state index in [9.17, 15) is 5.11 Å². The van der Waals surface area contributed by atoms with Crippen LogP contribution >= 0.6 is 0 Å². The minimum atomic E-state index is -0.384. The van der Waals surface area contributed by atoms with Gasteiger partial charge in [-0.25, -0.2) is 0 Å². The van der Waals surface area contributed by atoms with Crippen LogP contribution in [-0.4, -0.2) is 31.4 Å². The number of phenols is 1. The highest BCUT2D eigenvalue weighted by atomic mass is 16.5. The molecule has 1 aliphatic carbocycles. The number of fused-ring (bicyclic) bond motifs is 2. The van der Waals surface area contributed by atoms with E-state index in [1.54, 1.807) is 39.7 Å². The first kappa shape index (κ1) is 16.5. The monoisotopic (exact) mass is 351 g/mol. The van der Waals surface area contributed by atoms with E-state index in [-0.39, 0.29) is 11.2 Å². The Labute approximate surface area is 152 Å². The molecule has 1 N–H and O–H groups in total. The van der Waals surface area contributed by atoms with Crippen molar-refractivity contribution in [3.05, 3.63) is 41.7 Å². The molecular formula is C21H21NO4. The van der Waals surface area contributed by atoms with Crippen LogP contribution in [0.4, 0.5) is 0 Å². The highest BCUT2D eigenvalue weighted by molar-refractivity contribution is 6.09. The van der Waals surface area contributed by atoms with Crippen molar-refractivity contribution >= 4 is 10.8 Å². The van der Waals surface area contributed by atoms with E-state index >= 15 is 0 Å². The number of rotatable bonds is 3. The molecule has 1 heterocycles. The minimum Gasteiger partial charge on any atom is -0.508 e. The Balaban J connectivity index is 2.31. The molecule has 0 saturated heterocycles. The van der Waals surface area contributed by atoms with Crippen LogP contribution in [-0.2, 0) is 5.41 Å². The summed E-state index contributed by atoms with van der Waals surface area (Å²) >= 11 is 0. The maximum atomic E-state index is 10.1. The van der Waals surface area contributed by atoms with Gasteiger partial charge in [0.25, 0.3) is 0 Å². The SMILES string of the molecule is COc1c(OC)c2c3c(nccc3c1OC)C(C)(C)c1cc(O)ccc1-2. The molecule has 0 amide bonds. The molecule has 0 unspecified atom stereocenters. The number of hydrogen-bond acceptors (Lipinski definition) is 5. The molecule has 0 atom stereocenters. The van der Waals surface area contributed by atoms with Gasteiger partial charge in [-0.1, -0.05) is 19.9 Å². The molecule has 0 fully saturated rings. The fraction of sp³-hybridized carbons (Fsp3) is 0.286.